The molecule has 4 heterocycles. The van der Waals surface area contributed by atoms with Crippen molar-refractivity contribution in [1.29, 1.82) is 0 Å². The second-order valence-electron chi connectivity index (χ2n) is 7.42. The second kappa shape index (κ2) is 6.87. The molecule has 0 saturated heterocycles. The first-order valence-corrected chi connectivity index (χ1v) is 9.59. The van der Waals surface area contributed by atoms with E-state index in [-0.39, 0.29) is 0 Å². The number of rotatable bonds is 7. The Morgan fingerprint density at radius 1 is 1.18 bits per heavy atom. The van der Waals surface area contributed by atoms with Crippen molar-refractivity contribution >= 4 is 5.65 Å². The topological polar surface area (TPSA) is 75.1 Å². The van der Waals surface area contributed by atoms with Gasteiger partial charge < -0.3 is 4.74 Å². The summed E-state index contributed by atoms with van der Waals surface area (Å²) >= 11 is 0. The van der Waals surface area contributed by atoms with Crippen LogP contribution in [-0.4, -0.2) is 47.6 Å². The Labute approximate surface area is 162 Å². The Bertz CT molecular complexity index is 1100. The zero-order valence-corrected chi connectivity index (χ0v) is 16.1. The van der Waals surface area contributed by atoms with Crippen LogP contribution in [-0.2, 0) is 11.8 Å². The van der Waals surface area contributed by atoms with Gasteiger partial charge in [0.2, 0.25) is 0 Å². The van der Waals surface area contributed by atoms with E-state index in [9.17, 15) is 0 Å². The molecule has 0 aromatic carbocycles. The highest BCUT2D eigenvalue weighted by Crippen LogP contribution is 2.41. The predicted octanol–water partition coefficient (Wildman–Crippen LogP) is 2.98. The van der Waals surface area contributed by atoms with Crippen LogP contribution < -0.4 is 0 Å². The number of hydrogen-bond acceptors (Lipinski definition) is 5. The van der Waals surface area contributed by atoms with Crippen molar-refractivity contribution in [2.24, 2.45) is 13.0 Å². The fraction of sp³-hybridized carbons (Fsp3) is 0.400. The standard InChI is InChI=1S/C20H23N7O/c1-25-12-15(10-22-25)17-9-19-21-6-7-26(19)20(24-17)16-11-23-27(13-16)18(5-8-28-2)14-3-4-14/h6-7,9-14,18H,3-5,8H2,1-2H3. The smallest absolute Gasteiger partial charge is 0.149 e. The number of methoxy groups -OCH3 is 1. The molecular formula is C20H23N7O. The van der Waals surface area contributed by atoms with Crippen molar-refractivity contribution in [2.45, 2.75) is 25.3 Å². The highest BCUT2D eigenvalue weighted by Gasteiger charge is 2.33. The Hall–Kier alpha value is -3.00. The number of hydrogen-bond donors (Lipinski definition) is 0. The largest absolute Gasteiger partial charge is 0.385 e. The Kier molecular flexibility index (Phi) is 4.20. The number of ether oxygens (including phenoxy) is 1. The average molecular weight is 377 g/mol. The van der Waals surface area contributed by atoms with Gasteiger partial charge in [0.15, 0.2) is 0 Å². The molecule has 0 amide bonds. The molecule has 1 aliphatic carbocycles. The SMILES string of the molecule is COCCC(C1CC1)n1cc(-c2nc(-c3cnn(C)c3)cc3nccn23)cn1. The second-order valence-corrected chi connectivity index (χ2v) is 7.42. The van der Waals surface area contributed by atoms with Gasteiger partial charge in [-0.15, -0.1) is 0 Å². The van der Waals surface area contributed by atoms with E-state index in [1.807, 2.05) is 42.3 Å². The lowest BCUT2D eigenvalue weighted by atomic mass is 10.1. The van der Waals surface area contributed by atoms with E-state index in [0.29, 0.717) is 12.0 Å². The van der Waals surface area contributed by atoms with Crippen LogP contribution in [0.5, 0.6) is 0 Å². The quantitative estimate of drug-likeness (QED) is 0.495. The molecule has 8 heteroatoms. The van der Waals surface area contributed by atoms with Crippen LogP contribution in [0.3, 0.4) is 0 Å². The molecule has 0 aliphatic heterocycles. The van der Waals surface area contributed by atoms with Crippen LogP contribution in [0.4, 0.5) is 0 Å². The third kappa shape index (κ3) is 3.09. The first-order valence-electron chi connectivity index (χ1n) is 9.59. The molecule has 1 saturated carbocycles. The van der Waals surface area contributed by atoms with Gasteiger partial charge in [-0.1, -0.05) is 0 Å². The van der Waals surface area contributed by atoms with Crippen molar-refractivity contribution in [3.05, 3.63) is 43.2 Å². The summed E-state index contributed by atoms with van der Waals surface area (Å²) in [4.78, 5) is 9.38. The zero-order valence-electron chi connectivity index (χ0n) is 16.1. The first kappa shape index (κ1) is 17.1. The summed E-state index contributed by atoms with van der Waals surface area (Å²) in [5.41, 5.74) is 3.66. The number of aromatic nitrogens is 7. The molecule has 144 valence electrons. The maximum absolute atomic E-state index is 5.30. The van der Waals surface area contributed by atoms with E-state index in [1.165, 1.54) is 12.8 Å². The third-order valence-electron chi connectivity index (χ3n) is 5.37. The Morgan fingerprint density at radius 3 is 2.79 bits per heavy atom. The summed E-state index contributed by atoms with van der Waals surface area (Å²) in [7, 11) is 3.66. The van der Waals surface area contributed by atoms with Crippen molar-refractivity contribution in [3.8, 4) is 22.6 Å². The Balaban J connectivity index is 1.55. The lowest BCUT2D eigenvalue weighted by Gasteiger charge is -2.16. The number of aryl methyl sites for hydroxylation is 1. The fourth-order valence-corrected chi connectivity index (χ4v) is 3.77. The van der Waals surface area contributed by atoms with Crippen molar-refractivity contribution in [2.75, 3.05) is 13.7 Å². The summed E-state index contributed by atoms with van der Waals surface area (Å²) in [6.07, 6.45) is 15.0. The summed E-state index contributed by atoms with van der Waals surface area (Å²) in [6.45, 7) is 0.747. The molecule has 1 atom stereocenters. The fourth-order valence-electron chi connectivity index (χ4n) is 3.77. The van der Waals surface area contributed by atoms with Gasteiger partial charge in [0.25, 0.3) is 0 Å². The highest BCUT2D eigenvalue weighted by atomic mass is 16.5. The van der Waals surface area contributed by atoms with Gasteiger partial charge in [-0.05, 0) is 25.2 Å². The summed E-state index contributed by atoms with van der Waals surface area (Å²) in [6, 6.07) is 2.37. The van der Waals surface area contributed by atoms with Crippen LogP contribution in [0.15, 0.2) is 43.2 Å². The van der Waals surface area contributed by atoms with Crippen molar-refractivity contribution < 1.29 is 4.74 Å². The van der Waals surface area contributed by atoms with Crippen molar-refractivity contribution in [3.63, 3.8) is 0 Å². The molecule has 28 heavy (non-hydrogen) atoms. The maximum atomic E-state index is 5.30. The van der Waals surface area contributed by atoms with E-state index >= 15 is 0 Å². The lowest BCUT2D eigenvalue weighted by molar-refractivity contribution is 0.170. The predicted molar refractivity (Wildman–Crippen MR) is 105 cm³/mol. The van der Waals surface area contributed by atoms with Crippen LogP contribution in [0, 0.1) is 5.92 Å². The molecule has 0 bridgehead atoms. The first-order chi connectivity index (χ1) is 13.7. The molecule has 0 N–H and O–H groups in total. The van der Waals surface area contributed by atoms with Crippen molar-refractivity contribution in [1.82, 2.24) is 33.9 Å². The van der Waals surface area contributed by atoms with Gasteiger partial charge >= 0.3 is 0 Å². The minimum absolute atomic E-state index is 0.383. The van der Waals surface area contributed by atoms with E-state index in [1.54, 1.807) is 18.0 Å². The average Bonchev–Trinajstić information content (AvgIpc) is 3.10. The van der Waals surface area contributed by atoms with Gasteiger partial charge in [-0.2, -0.15) is 10.2 Å². The molecule has 1 aliphatic rings. The van der Waals surface area contributed by atoms with Gasteiger partial charge in [0, 0.05) is 57.2 Å². The van der Waals surface area contributed by atoms with Gasteiger partial charge in [-0.3, -0.25) is 13.8 Å². The molecule has 0 radical (unpaired) electrons. The van der Waals surface area contributed by atoms with Crippen LogP contribution in [0.25, 0.3) is 28.3 Å². The minimum atomic E-state index is 0.383. The Morgan fingerprint density at radius 2 is 2.04 bits per heavy atom. The van der Waals surface area contributed by atoms with Gasteiger partial charge in [0.1, 0.15) is 11.5 Å². The number of imidazole rings is 1. The summed E-state index contributed by atoms with van der Waals surface area (Å²) in [5, 5.41) is 8.94. The van der Waals surface area contributed by atoms with Gasteiger partial charge in [-0.25, -0.2) is 9.97 Å². The van der Waals surface area contributed by atoms with Gasteiger partial charge in [0.05, 0.1) is 29.7 Å². The third-order valence-corrected chi connectivity index (χ3v) is 5.37. The van der Waals surface area contributed by atoms with Crippen LogP contribution >= 0.6 is 0 Å². The summed E-state index contributed by atoms with van der Waals surface area (Å²) < 4.78 is 11.2. The summed E-state index contributed by atoms with van der Waals surface area (Å²) in [5.74, 6) is 1.53. The molecule has 0 spiro atoms. The molecule has 4 aromatic rings. The lowest BCUT2D eigenvalue weighted by Crippen LogP contribution is -2.14. The van der Waals surface area contributed by atoms with E-state index < -0.39 is 0 Å². The van der Waals surface area contributed by atoms with Crippen LogP contribution in [0.2, 0.25) is 0 Å². The normalized spacial score (nSPS) is 15.4. The highest BCUT2D eigenvalue weighted by molar-refractivity contribution is 5.68. The molecular weight excluding hydrogens is 354 g/mol. The molecule has 1 fully saturated rings. The van der Waals surface area contributed by atoms with E-state index in [0.717, 1.165) is 41.3 Å². The molecule has 4 aromatic heterocycles. The van der Waals surface area contributed by atoms with Crippen LogP contribution in [0.1, 0.15) is 25.3 Å². The molecule has 1 unspecified atom stereocenters. The van der Waals surface area contributed by atoms with E-state index in [2.05, 4.69) is 26.1 Å². The minimum Gasteiger partial charge on any atom is -0.385 e. The van der Waals surface area contributed by atoms with E-state index in [4.69, 9.17) is 9.72 Å². The molecule has 5 rings (SSSR count). The number of nitrogens with zero attached hydrogens (tertiary/aromatic N) is 7. The molecule has 8 nitrogen and oxygen atoms in total. The monoisotopic (exact) mass is 377 g/mol. The maximum Gasteiger partial charge on any atom is 0.149 e. The number of fused-ring (bicyclic) bond motifs is 1. The zero-order chi connectivity index (χ0) is 19.1.